The van der Waals surface area contributed by atoms with Gasteiger partial charge in [0.15, 0.2) is 16.8 Å². The number of alkyl halides is 9. The predicted molar refractivity (Wildman–Crippen MR) is 588 cm³/mol. The summed E-state index contributed by atoms with van der Waals surface area (Å²) in [4.78, 5) is 11.4. The van der Waals surface area contributed by atoms with Gasteiger partial charge in [-0.3, -0.25) is 0 Å². The Morgan fingerprint density at radius 1 is 0.283 bits per heavy atom. The number of hydrogen-bond acceptors (Lipinski definition) is 8. The van der Waals surface area contributed by atoms with Gasteiger partial charge in [0.05, 0.1) is 0 Å². The summed E-state index contributed by atoms with van der Waals surface area (Å²) in [6.45, 7) is 73.9. The van der Waals surface area contributed by atoms with Crippen molar-refractivity contribution in [1.82, 2.24) is 15.0 Å². The molecule has 0 radical (unpaired) electrons. The van der Waals surface area contributed by atoms with E-state index >= 15 is 0 Å². The summed E-state index contributed by atoms with van der Waals surface area (Å²) >= 11 is -1.66. The molecule has 0 atom stereocenters. The SMILES string of the molecule is C.CC(C)(O)C(F)(F)F.CC(C)(O)C(F)(F)F.CC(C)(O)C(F)(F)F.CC(C)c1cccc(C(C)C)c1O.CC(C)c1cccc(C(C)C)c1O.CC(C)c1cccc(C(C)C)c1[N]=[Mo+2]=[CH]C(C)(C)c1ccccc1.CC(C)c1cccc(C(C)C)c1[N]=[Mo]=[CH]C(C)(C)c1ccccc1.CC(C)c1cccc(C(C)C)c1[N]=[Mo]=[CH]C(C)(C)c1ccccc1.Cc1ccc(C)[n-]1.Cc1ccc(C)[n-]1.Cc1ccc(C)[nH]1.[CH3-]. The zero-order valence-electron chi connectivity index (χ0n) is 93.4. The van der Waals surface area contributed by atoms with E-state index < -0.39 is 89.1 Å². The third kappa shape index (κ3) is 50.6. The Balaban J connectivity index is 0. The smallest absolute Gasteiger partial charge is 0.0117 e. The maximum absolute atomic E-state index is 11.3. The van der Waals surface area contributed by atoms with Crippen LogP contribution in [0, 0.1) is 49.0 Å². The zero-order valence-corrected chi connectivity index (χ0v) is 99.4. The second-order valence-electron chi connectivity index (χ2n) is 42.1. The van der Waals surface area contributed by atoms with Gasteiger partial charge in [-0.1, -0.05) is 151 Å². The molecule has 0 aliphatic rings. The number of rotatable bonds is 19. The monoisotopic (exact) mass is 2270 g/mol. The molecule has 0 aliphatic heterocycles. The van der Waals surface area contributed by atoms with Crippen LogP contribution in [0.1, 0.15) is 395 Å². The summed E-state index contributed by atoms with van der Waals surface area (Å²) < 4.78 is 125. The van der Waals surface area contributed by atoms with Gasteiger partial charge in [0.25, 0.3) is 0 Å². The second-order valence-corrected chi connectivity index (χ2v) is 46.8. The van der Waals surface area contributed by atoms with E-state index in [2.05, 4.69) is 366 Å². The molecule has 23 heteroatoms. The molecule has 11 aromatic rings. The first-order chi connectivity index (χ1) is 65.7. The van der Waals surface area contributed by atoms with E-state index in [1.165, 1.54) is 78.5 Å². The summed E-state index contributed by atoms with van der Waals surface area (Å²) in [5, 5.41) is 44.5. The fourth-order valence-corrected chi connectivity index (χ4v) is 18.8. The third-order valence-electron chi connectivity index (χ3n) is 22.6. The first kappa shape index (κ1) is 139. The van der Waals surface area contributed by atoms with Crippen LogP contribution in [0.4, 0.5) is 56.6 Å². The number of aryl methyl sites for hydroxylation is 6. The normalized spacial score (nSPS) is 11.5. The fourth-order valence-electron chi connectivity index (χ4n) is 13.1. The van der Waals surface area contributed by atoms with E-state index in [1.54, 1.807) is 0 Å². The maximum Gasteiger partial charge on any atom is 0.0117 e. The number of para-hydroxylation sites is 2. The molecule has 0 saturated carbocycles. The van der Waals surface area contributed by atoms with Crippen LogP contribution in [0.2, 0.25) is 0 Å². The number of phenols is 2. The fraction of sp³-hybridized carbons (Fsp3) is 0.475. The molecular formula is C122H176F9Mo3N6O5-. The Morgan fingerprint density at radius 3 is 0.634 bits per heavy atom. The largest absolute Gasteiger partial charge is 0.665 e. The molecule has 0 amide bonds. The Hall–Kier alpha value is -8.48. The molecule has 0 saturated heterocycles. The number of benzene rings is 8. The van der Waals surface area contributed by atoms with Gasteiger partial charge in [-0.15, -0.1) is 0 Å². The molecule has 0 unspecified atom stereocenters. The van der Waals surface area contributed by atoms with Gasteiger partial charge < -0.3 is 47.9 Å². The molecule has 8 aromatic carbocycles. The summed E-state index contributed by atoms with van der Waals surface area (Å²) in [5.41, 5.74) is 19.8. The maximum atomic E-state index is 11.3. The molecule has 0 aliphatic carbocycles. The van der Waals surface area contributed by atoms with Gasteiger partial charge in [-0.05, 0) is 113 Å². The summed E-state index contributed by atoms with van der Waals surface area (Å²) in [6, 6.07) is 76.4. The molecule has 6 N–H and O–H groups in total. The van der Waals surface area contributed by atoms with Crippen molar-refractivity contribution in [2.45, 2.75) is 381 Å². The van der Waals surface area contributed by atoms with E-state index in [0.29, 0.717) is 112 Å². The minimum absolute atomic E-state index is 0. The number of aromatic amines is 1. The van der Waals surface area contributed by atoms with Crippen LogP contribution in [-0.4, -0.2) is 79.1 Å². The third-order valence-corrected chi connectivity index (χ3v) is 29.9. The molecule has 3 aromatic heterocycles. The number of aliphatic hydroxyl groups is 3. The number of H-pyrrole nitrogens is 1. The van der Waals surface area contributed by atoms with Crippen LogP contribution >= 0.6 is 0 Å². The van der Waals surface area contributed by atoms with Gasteiger partial charge in [0.2, 0.25) is 0 Å². The van der Waals surface area contributed by atoms with E-state index in [0.717, 1.165) is 45.0 Å². The minimum atomic E-state index is -4.51. The van der Waals surface area contributed by atoms with Crippen LogP contribution in [0.3, 0.4) is 0 Å². The van der Waals surface area contributed by atoms with E-state index in [9.17, 15) is 49.7 Å². The Morgan fingerprint density at radius 2 is 0.469 bits per heavy atom. The summed E-state index contributed by atoms with van der Waals surface area (Å²) in [5.74, 6) is 5.58. The number of aromatic hydroxyl groups is 2. The molecule has 11 nitrogen and oxygen atoms in total. The van der Waals surface area contributed by atoms with Crippen molar-refractivity contribution in [3.05, 3.63) is 332 Å². The molecule has 0 bridgehead atoms. The minimum Gasteiger partial charge on any atom is -0.665 e. The number of nitrogens with zero attached hydrogens (tertiary/aromatic N) is 5. The molecular weight excluding hydrogens is 2090 g/mol. The van der Waals surface area contributed by atoms with Gasteiger partial charge in [-0.25, -0.2) is 0 Å². The zero-order chi connectivity index (χ0) is 110. The van der Waals surface area contributed by atoms with Crippen LogP contribution in [-0.2, 0) is 70.0 Å². The molecule has 806 valence electrons. The summed E-state index contributed by atoms with van der Waals surface area (Å²) in [6.07, 6.45) is -13.5. The van der Waals surface area contributed by atoms with Gasteiger partial charge in [0.1, 0.15) is 11.5 Å². The van der Waals surface area contributed by atoms with E-state index in [1.807, 2.05) is 102 Å². The van der Waals surface area contributed by atoms with Crippen molar-refractivity contribution in [2.24, 2.45) is 10.5 Å². The predicted octanol–water partition coefficient (Wildman–Crippen LogP) is 36.3. The van der Waals surface area contributed by atoms with Crippen molar-refractivity contribution in [2.75, 3.05) is 0 Å². The summed E-state index contributed by atoms with van der Waals surface area (Å²) in [7, 11) is 0. The average molecular weight is 2270 g/mol. The number of aromatic nitrogens is 3. The molecule has 11 rings (SSSR count). The van der Waals surface area contributed by atoms with Gasteiger partial charge in [0, 0.05) is 11.4 Å². The number of nitrogens with one attached hydrogen (secondary N) is 1. The van der Waals surface area contributed by atoms with Crippen molar-refractivity contribution >= 4 is 30.3 Å². The molecule has 145 heavy (non-hydrogen) atoms. The number of halogens is 9. The van der Waals surface area contributed by atoms with E-state index in [-0.39, 0.29) is 31.1 Å². The molecule has 0 spiro atoms. The number of phenolic OH excluding ortho intramolecular Hbond substituents is 2. The van der Waals surface area contributed by atoms with Crippen LogP contribution < -0.4 is 9.97 Å². The van der Waals surface area contributed by atoms with Crippen LogP contribution in [0.25, 0.3) is 0 Å². The Kier molecular flexibility index (Phi) is 61.3. The molecule has 3 heterocycles. The van der Waals surface area contributed by atoms with Crippen molar-refractivity contribution in [1.29, 1.82) is 0 Å². The van der Waals surface area contributed by atoms with Crippen LogP contribution in [0.15, 0.2) is 229 Å². The Labute approximate surface area is 892 Å². The number of hydrogen-bond donors (Lipinski definition) is 6. The average Bonchev–Trinajstić information content (AvgIpc) is 1.27. The quantitative estimate of drug-likeness (QED) is 0.0265. The van der Waals surface area contributed by atoms with Crippen molar-refractivity contribution in [3.63, 3.8) is 0 Å². The second kappa shape index (κ2) is 64.2. The van der Waals surface area contributed by atoms with E-state index in [4.69, 9.17) is 25.8 Å². The Bertz CT molecular complexity index is 5000. The van der Waals surface area contributed by atoms with Gasteiger partial charge in [-0.2, -0.15) is 62.3 Å². The van der Waals surface area contributed by atoms with Crippen LogP contribution in [0.5, 0.6) is 11.5 Å². The van der Waals surface area contributed by atoms with Crippen molar-refractivity contribution < 1.29 is 119 Å². The topological polar surface area (TPSA) is 182 Å². The van der Waals surface area contributed by atoms with Gasteiger partial charge >= 0.3 is 485 Å². The first-order valence-electron chi connectivity index (χ1n) is 49.1. The van der Waals surface area contributed by atoms with Crippen molar-refractivity contribution in [3.8, 4) is 11.5 Å². The standard InChI is InChI=1S/3C12H17N.2C12H18O.3C10H12.C6H9N.2C6H8N.3C4H7F3O.CH4.CH3.3Mo/c5*1-8(2)10-6-5-7-11(9(3)4)12(10)13;3*1-10(2,3)9-7-5-4-6-8-9;3*1-5-3-4-6(2)7-5;3*1-3(2,8)4(5,6)7;;;;;/h3*5-9H,1-4H3;2*5-9,13H,1-4H3;3*1,4-8H,2-3H3;3-4,7H,1-2H3;2*3-4H,1-2H3;3*8H,1-2H3;1H4;1H3;;;/q;;;;;;;;;2*-1;;;;;-1;;;+2. The molecule has 0 fully saturated rings. The first-order valence-corrected chi connectivity index (χ1v) is 55.3.